The molecular formula is C11H14N6O2. The zero-order valence-corrected chi connectivity index (χ0v) is 10.3. The maximum Gasteiger partial charge on any atom is 0.305 e. The number of hydrogen-bond donors (Lipinski definition) is 1. The molecule has 1 aliphatic heterocycles. The normalized spacial score (nSPS) is 19.8. The summed E-state index contributed by atoms with van der Waals surface area (Å²) in [6.45, 7) is 0.818. The summed E-state index contributed by atoms with van der Waals surface area (Å²) in [6, 6.07) is 3.62. The van der Waals surface area contributed by atoms with Gasteiger partial charge >= 0.3 is 5.97 Å². The van der Waals surface area contributed by atoms with Crippen molar-refractivity contribution in [2.45, 2.75) is 31.7 Å². The third kappa shape index (κ3) is 2.33. The van der Waals surface area contributed by atoms with Crippen molar-refractivity contribution in [3.8, 4) is 0 Å². The topological polar surface area (TPSA) is 96.5 Å². The third-order valence-corrected chi connectivity index (χ3v) is 3.39. The highest BCUT2D eigenvalue weighted by molar-refractivity contribution is 5.68. The molecule has 2 aromatic heterocycles. The van der Waals surface area contributed by atoms with Crippen LogP contribution in [0.5, 0.6) is 0 Å². The summed E-state index contributed by atoms with van der Waals surface area (Å²) in [4.78, 5) is 13.0. The SMILES string of the molecule is O=C(O)CC1CCCCN1c1ccc2nnnn2n1. The van der Waals surface area contributed by atoms with E-state index in [1.54, 1.807) is 6.07 Å². The minimum atomic E-state index is -0.777. The van der Waals surface area contributed by atoms with Crippen molar-refractivity contribution in [2.75, 3.05) is 11.4 Å². The van der Waals surface area contributed by atoms with Crippen LogP contribution in [0.4, 0.5) is 5.82 Å². The Morgan fingerprint density at radius 2 is 2.32 bits per heavy atom. The zero-order valence-electron chi connectivity index (χ0n) is 10.3. The van der Waals surface area contributed by atoms with Crippen LogP contribution in [-0.2, 0) is 4.79 Å². The number of fused-ring (bicyclic) bond motifs is 1. The summed E-state index contributed by atoms with van der Waals surface area (Å²) >= 11 is 0. The van der Waals surface area contributed by atoms with Gasteiger partial charge in [0.1, 0.15) is 0 Å². The van der Waals surface area contributed by atoms with E-state index in [9.17, 15) is 4.79 Å². The number of rotatable bonds is 3. The molecule has 8 heteroatoms. The van der Waals surface area contributed by atoms with Crippen molar-refractivity contribution >= 4 is 17.4 Å². The van der Waals surface area contributed by atoms with Gasteiger partial charge in [-0.05, 0) is 41.8 Å². The molecule has 1 atom stereocenters. The van der Waals surface area contributed by atoms with Gasteiger partial charge in [0, 0.05) is 12.6 Å². The number of tetrazole rings is 1. The Hall–Kier alpha value is -2.25. The molecule has 1 N–H and O–H groups in total. The number of nitrogens with zero attached hydrogens (tertiary/aromatic N) is 6. The maximum atomic E-state index is 10.9. The summed E-state index contributed by atoms with van der Waals surface area (Å²) < 4.78 is 1.36. The summed E-state index contributed by atoms with van der Waals surface area (Å²) in [5.41, 5.74) is 0.579. The van der Waals surface area contributed by atoms with E-state index >= 15 is 0 Å². The monoisotopic (exact) mass is 262 g/mol. The standard InChI is InChI=1S/C11H14N6O2/c18-11(19)7-8-3-1-2-6-16(8)10-5-4-9-12-14-15-17(9)13-10/h4-5,8H,1-3,6-7H2,(H,18,19). The van der Waals surface area contributed by atoms with Crippen LogP contribution in [0, 0.1) is 0 Å². The molecule has 0 bridgehead atoms. The Bertz CT molecular complexity index is 598. The van der Waals surface area contributed by atoms with Gasteiger partial charge in [-0.3, -0.25) is 4.79 Å². The Morgan fingerprint density at radius 1 is 1.42 bits per heavy atom. The number of carboxylic acid groups (broad SMARTS) is 1. The zero-order chi connectivity index (χ0) is 13.2. The quantitative estimate of drug-likeness (QED) is 0.852. The second-order valence-corrected chi connectivity index (χ2v) is 4.66. The lowest BCUT2D eigenvalue weighted by atomic mass is 9.99. The van der Waals surface area contributed by atoms with Gasteiger partial charge in [-0.2, -0.15) is 0 Å². The van der Waals surface area contributed by atoms with Crippen molar-refractivity contribution in [2.24, 2.45) is 0 Å². The van der Waals surface area contributed by atoms with Crippen LogP contribution in [0.3, 0.4) is 0 Å². The van der Waals surface area contributed by atoms with Crippen LogP contribution < -0.4 is 4.90 Å². The van der Waals surface area contributed by atoms with E-state index in [1.807, 2.05) is 11.0 Å². The average molecular weight is 262 g/mol. The highest BCUT2D eigenvalue weighted by atomic mass is 16.4. The molecule has 0 saturated carbocycles. The molecule has 100 valence electrons. The fraction of sp³-hybridized carbons (Fsp3) is 0.545. The molecule has 0 aromatic carbocycles. The van der Waals surface area contributed by atoms with Crippen molar-refractivity contribution in [3.63, 3.8) is 0 Å². The van der Waals surface area contributed by atoms with E-state index in [0.717, 1.165) is 31.6 Å². The lowest BCUT2D eigenvalue weighted by Crippen LogP contribution is -2.41. The average Bonchev–Trinajstić information content (AvgIpc) is 2.86. The van der Waals surface area contributed by atoms with Gasteiger partial charge in [-0.1, -0.05) is 0 Å². The Kier molecular flexibility index (Phi) is 2.98. The molecule has 0 radical (unpaired) electrons. The highest BCUT2D eigenvalue weighted by Crippen LogP contribution is 2.24. The number of carboxylic acids is 1. The molecule has 3 heterocycles. The van der Waals surface area contributed by atoms with Gasteiger partial charge in [0.15, 0.2) is 11.5 Å². The molecule has 2 aromatic rings. The van der Waals surface area contributed by atoms with Crippen LogP contribution in [0.25, 0.3) is 5.65 Å². The number of anilines is 1. The van der Waals surface area contributed by atoms with Crippen molar-refractivity contribution in [1.29, 1.82) is 0 Å². The highest BCUT2D eigenvalue weighted by Gasteiger charge is 2.26. The lowest BCUT2D eigenvalue weighted by molar-refractivity contribution is -0.137. The van der Waals surface area contributed by atoms with Crippen molar-refractivity contribution in [3.05, 3.63) is 12.1 Å². The molecule has 0 spiro atoms. The van der Waals surface area contributed by atoms with E-state index in [0.29, 0.717) is 5.65 Å². The largest absolute Gasteiger partial charge is 0.481 e. The molecule has 1 fully saturated rings. The molecule has 3 rings (SSSR count). The van der Waals surface area contributed by atoms with Gasteiger partial charge < -0.3 is 10.0 Å². The van der Waals surface area contributed by atoms with E-state index in [4.69, 9.17) is 5.11 Å². The molecule has 0 aliphatic carbocycles. The molecule has 19 heavy (non-hydrogen) atoms. The molecule has 0 amide bonds. The first kappa shape index (κ1) is 11.8. The molecule has 1 saturated heterocycles. The molecular weight excluding hydrogens is 248 g/mol. The van der Waals surface area contributed by atoms with E-state index in [2.05, 4.69) is 20.6 Å². The Morgan fingerprint density at radius 3 is 3.16 bits per heavy atom. The van der Waals surface area contributed by atoms with Gasteiger partial charge in [0.25, 0.3) is 0 Å². The molecule has 1 unspecified atom stereocenters. The van der Waals surface area contributed by atoms with E-state index in [1.165, 1.54) is 4.63 Å². The lowest BCUT2D eigenvalue weighted by Gasteiger charge is -2.35. The summed E-state index contributed by atoms with van der Waals surface area (Å²) in [5.74, 6) is -0.0499. The number of aliphatic carboxylic acids is 1. The van der Waals surface area contributed by atoms with Gasteiger partial charge in [-0.25, -0.2) is 0 Å². The Labute approximate surface area is 109 Å². The first-order chi connectivity index (χ1) is 9.24. The first-order valence-electron chi connectivity index (χ1n) is 6.28. The summed E-state index contributed by atoms with van der Waals surface area (Å²) in [7, 11) is 0. The van der Waals surface area contributed by atoms with Crippen LogP contribution in [0.1, 0.15) is 25.7 Å². The fourth-order valence-corrected chi connectivity index (χ4v) is 2.51. The van der Waals surface area contributed by atoms with Crippen LogP contribution in [-0.4, -0.2) is 48.9 Å². The Balaban J connectivity index is 1.90. The molecule has 8 nitrogen and oxygen atoms in total. The summed E-state index contributed by atoms with van der Waals surface area (Å²) in [5, 5.41) is 24.4. The van der Waals surface area contributed by atoms with Gasteiger partial charge in [0.2, 0.25) is 0 Å². The maximum absolute atomic E-state index is 10.9. The number of carbonyl (C=O) groups is 1. The first-order valence-corrected chi connectivity index (χ1v) is 6.28. The smallest absolute Gasteiger partial charge is 0.305 e. The second-order valence-electron chi connectivity index (χ2n) is 4.66. The third-order valence-electron chi connectivity index (χ3n) is 3.39. The van der Waals surface area contributed by atoms with Gasteiger partial charge in [0.05, 0.1) is 6.42 Å². The van der Waals surface area contributed by atoms with Crippen LogP contribution in [0.2, 0.25) is 0 Å². The fourth-order valence-electron chi connectivity index (χ4n) is 2.51. The predicted octanol–water partition coefficient (Wildman–Crippen LogP) is 0.353. The van der Waals surface area contributed by atoms with E-state index < -0.39 is 5.97 Å². The minimum absolute atomic E-state index is 0.00678. The van der Waals surface area contributed by atoms with Gasteiger partial charge in [-0.15, -0.1) is 14.8 Å². The second kappa shape index (κ2) is 4.79. The number of hydrogen-bond acceptors (Lipinski definition) is 6. The van der Waals surface area contributed by atoms with Crippen molar-refractivity contribution < 1.29 is 9.90 Å². The van der Waals surface area contributed by atoms with Crippen LogP contribution >= 0.6 is 0 Å². The predicted molar refractivity (Wildman–Crippen MR) is 65.8 cm³/mol. The van der Waals surface area contributed by atoms with Crippen LogP contribution in [0.15, 0.2) is 12.1 Å². The van der Waals surface area contributed by atoms with Crippen molar-refractivity contribution in [1.82, 2.24) is 25.3 Å². The number of aromatic nitrogens is 5. The summed E-state index contributed by atoms with van der Waals surface area (Å²) in [6.07, 6.45) is 3.12. The number of piperidine rings is 1. The van der Waals surface area contributed by atoms with E-state index in [-0.39, 0.29) is 12.5 Å². The molecule has 1 aliphatic rings. The minimum Gasteiger partial charge on any atom is -0.481 e.